The molecule has 0 spiro atoms. The highest BCUT2D eigenvalue weighted by atomic mass is 16.5. The van der Waals surface area contributed by atoms with Crippen LogP contribution in [0, 0.1) is 0 Å². The first kappa shape index (κ1) is 8.93. The van der Waals surface area contributed by atoms with E-state index in [1.807, 2.05) is 6.92 Å². The maximum Gasteiger partial charge on any atom is 0.213 e. The molecule has 5 heteroatoms. The molecule has 0 amide bonds. The molecule has 1 aromatic rings. The number of carbonyl (C=O) groups excluding carboxylic acids is 1. The van der Waals surface area contributed by atoms with Crippen molar-refractivity contribution in [3.05, 3.63) is 24.0 Å². The first-order valence-corrected chi connectivity index (χ1v) is 4.52. The summed E-state index contributed by atoms with van der Waals surface area (Å²) in [4.78, 5) is 14.9. The minimum Gasteiger partial charge on any atom is -0.378 e. The average Bonchev–Trinajstić information content (AvgIpc) is 2.75. The van der Waals surface area contributed by atoms with Crippen molar-refractivity contribution >= 4 is 5.78 Å². The third-order valence-corrected chi connectivity index (χ3v) is 2.14. The van der Waals surface area contributed by atoms with Crippen molar-refractivity contribution in [2.75, 3.05) is 0 Å². The van der Waals surface area contributed by atoms with Crippen LogP contribution in [0.25, 0.3) is 0 Å². The second kappa shape index (κ2) is 3.61. The molecular formula is C9H11N3O2. The van der Waals surface area contributed by atoms with Crippen molar-refractivity contribution < 1.29 is 9.32 Å². The van der Waals surface area contributed by atoms with E-state index in [1.165, 1.54) is 6.39 Å². The van der Waals surface area contributed by atoms with E-state index < -0.39 is 0 Å². The summed E-state index contributed by atoms with van der Waals surface area (Å²) in [6, 6.07) is -0.0223. The summed E-state index contributed by atoms with van der Waals surface area (Å²) < 4.78 is 4.63. The molecule has 2 rings (SSSR count). The summed E-state index contributed by atoms with van der Waals surface area (Å²) in [6.45, 7) is 1.93. The molecule has 5 nitrogen and oxygen atoms in total. The van der Waals surface area contributed by atoms with Gasteiger partial charge in [0.15, 0.2) is 11.6 Å². The van der Waals surface area contributed by atoms with E-state index in [0.29, 0.717) is 12.2 Å². The van der Waals surface area contributed by atoms with Gasteiger partial charge < -0.3 is 9.84 Å². The van der Waals surface area contributed by atoms with Crippen LogP contribution in [-0.4, -0.2) is 15.9 Å². The molecule has 0 fully saturated rings. The van der Waals surface area contributed by atoms with E-state index >= 15 is 0 Å². The van der Waals surface area contributed by atoms with Crippen LogP contribution in [0.4, 0.5) is 0 Å². The lowest BCUT2D eigenvalue weighted by atomic mass is 10.3. The molecule has 1 aliphatic carbocycles. The molecule has 74 valence electrons. The summed E-state index contributed by atoms with van der Waals surface area (Å²) in [6.07, 6.45) is 4.31. The predicted molar refractivity (Wildman–Crippen MR) is 48.2 cm³/mol. The predicted octanol–water partition coefficient (Wildman–Crippen LogP) is 0.967. The number of nitrogens with one attached hydrogen (secondary N) is 1. The molecule has 1 atom stereocenters. The summed E-state index contributed by atoms with van der Waals surface area (Å²) in [5.74, 6) is 0.776. The van der Waals surface area contributed by atoms with E-state index in [0.717, 1.165) is 12.1 Å². The highest BCUT2D eigenvalue weighted by Crippen LogP contribution is 2.16. The number of rotatable bonds is 3. The van der Waals surface area contributed by atoms with E-state index in [1.54, 1.807) is 6.08 Å². The summed E-state index contributed by atoms with van der Waals surface area (Å²) in [5.41, 5.74) is 0.951. The van der Waals surface area contributed by atoms with Crippen LogP contribution in [0.15, 0.2) is 22.7 Å². The zero-order chi connectivity index (χ0) is 9.97. The molecule has 1 N–H and O–H groups in total. The van der Waals surface area contributed by atoms with Crippen LogP contribution in [0.3, 0.4) is 0 Å². The third-order valence-electron chi connectivity index (χ3n) is 2.14. The lowest BCUT2D eigenvalue weighted by Crippen LogP contribution is -2.18. The fourth-order valence-electron chi connectivity index (χ4n) is 1.42. The lowest BCUT2D eigenvalue weighted by molar-refractivity contribution is -0.114. The molecule has 1 unspecified atom stereocenters. The third kappa shape index (κ3) is 1.81. The van der Waals surface area contributed by atoms with Crippen molar-refractivity contribution in [2.45, 2.75) is 25.8 Å². The highest BCUT2D eigenvalue weighted by Gasteiger charge is 2.16. The van der Waals surface area contributed by atoms with Crippen molar-refractivity contribution in [3.63, 3.8) is 0 Å². The van der Waals surface area contributed by atoms with Crippen molar-refractivity contribution in [2.24, 2.45) is 0 Å². The van der Waals surface area contributed by atoms with Crippen LogP contribution in [0.5, 0.6) is 0 Å². The van der Waals surface area contributed by atoms with Crippen molar-refractivity contribution in [1.29, 1.82) is 0 Å². The standard InChI is InChI=1S/C9H11N3O2/c1-6(9-10-5-14-12-9)11-7-2-3-8(13)4-7/h4-6,11H,2-3H2,1H3. The lowest BCUT2D eigenvalue weighted by Gasteiger charge is -2.11. The maximum absolute atomic E-state index is 11.0. The molecule has 0 bridgehead atoms. The smallest absolute Gasteiger partial charge is 0.213 e. The largest absolute Gasteiger partial charge is 0.378 e. The Morgan fingerprint density at radius 2 is 2.43 bits per heavy atom. The molecule has 0 aliphatic heterocycles. The van der Waals surface area contributed by atoms with Gasteiger partial charge in [-0.25, -0.2) is 0 Å². The average molecular weight is 193 g/mol. The molecule has 1 aromatic heterocycles. The number of ketones is 1. The Morgan fingerprint density at radius 1 is 1.57 bits per heavy atom. The Kier molecular flexibility index (Phi) is 2.30. The van der Waals surface area contributed by atoms with Crippen LogP contribution in [-0.2, 0) is 4.79 Å². The normalized spacial score (nSPS) is 18.1. The maximum atomic E-state index is 11.0. The zero-order valence-corrected chi connectivity index (χ0v) is 7.86. The fourth-order valence-corrected chi connectivity index (χ4v) is 1.42. The van der Waals surface area contributed by atoms with Gasteiger partial charge in [0, 0.05) is 18.2 Å². The highest BCUT2D eigenvalue weighted by molar-refractivity contribution is 5.92. The Balaban J connectivity index is 1.98. The number of hydrogen-bond acceptors (Lipinski definition) is 5. The first-order valence-electron chi connectivity index (χ1n) is 4.52. The molecule has 1 aliphatic rings. The monoisotopic (exact) mass is 193 g/mol. The molecule has 0 saturated heterocycles. The van der Waals surface area contributed by atoms with Gasteiger partial charge in [-0.05, 0) is 13.3 Å². The van der Waals surface area contributed by atoms with Gasteiger partial charge in [0.1, 0.15) is 0 Å². The van der Waals surface area contributed by atoms with Crippen LogP contribution in [0.2, 0.25) is 0 Å². The van der Waals surface area contributed by atoms with Crippen LogP contribution >= 0.6 is 0 Å². The summed E-state index contributed by atoms with van der Waals surface area (Å²) >= 11 is 0. The molecule has 0 aromatic carbocycles. The molecule has 0 saturated carbocycles. The fraction of sp³-hybridized carbons (Fsp3) is 0.444. The van der Waals surface area contributed by atoms with Crippen LogP contribution in [0.1, 0.15) is 31.6 Å². The number of nitrogens with zero attached hydrogens (tertiary/aromatic N) is 2. The molecular weight excluding hydrogens is 182 g/mol. The van der Waals surface area contributed by atoms with E-state index in [9.17, 15) is 4.79 Å². The summed E-state index contributed by atoms with van der Waals surface area (Å²) in [5, 5.41) is 6.88. The van der Waals surface area contributed by atoms with Gasteiger partial charge in [0.25, 0.3) is 0 Å². The molecule has 1 heterocycles. The minimum atomic E-state index is -0.0223. The topological polar surface area (TPSA) is 68.0 Å². The van der Waals surface area contributed by atoms with Crippen molar-refractivity contribution in [3.8, 4) is 0 Å². The second-order valence-electron chi connectivity index (χ2n) is 3.29. The molecule has 14 heavy (non-hydrogen) atoms. The Hall–Kier alpha value is -1.65. The van der Waals surface area contributed by atoms with Gasteiger partial charge in [-0.3, -0.25) is 4.79 Å². The number of carbonyl (C=O) groups is 1. The molecule has 0 radical (unpaired) electrons. The Labute approximate surface area is 81.2 Å². The van der Waals surface area contributed by atoms with Gasteiger partial charge in [-0.15, -0.1) is 0 Å². The van der Waals surface area contributed by atoms with Gasteiger partial charge in [-0.2, -0.15) is 4.98 Å². The number of allylic oxidation sites excluding steroid dienone is 2. The summed E-state index contributed by atoms with van der Waals surface area (Å²) in [7, 11) is 0. The van der Waals surface area contributed by atoms with Gasteiger partial charge in [0.2, 0.25) is 6.39 Å². The first-order chi connectivity index (χ1) is 6.75. The van der Waals surface area contributed by atoms with E-state index in [2.05, 4.69) is 20.0 Å². The SMILES string of the molecule is CC(NC1=CC(=O)CC1)c1ncon1. The quantitative estimate of drug-likeness (QED) is 0.774. The number of hydrogen-bond donors (Lipinski definition) is 1. The Morgan fingerprint density at radius 3 is 3.00 bits per heavy atom. The van der Waals surface area contributed by atoms with Gasteiger partial charge in [0.05, 0.1) is 6.04 Å². The van der Waals surface area contributed by atoms with Gasteiger partial charge >= 0.3 is 0 Å². The second-order valence-corrected chi connectivity index (χ2v) is 3.29. The van der Waals surface area contributed by atoms with E-state index in [-0.39, 0.29) is 11.8 Å². The van der Waals surface area contributed by atoms with E-state index in [4.69, 9.17) is 0 Å². The number of aromatic nitrogens is 2. The van der Waals surface area contributed by atoms with Crippen molar-refractivity contribution in [1.82, 2.24) is 15.5 Å². The minimum absolute atomic E-state index is 0.0223. The Bertz CT molecular complexity index is 356. The van der Waals surface area contributed by atoms with Crippen LogP contribution < -0.4 is 5.32 Å². The zero-order valence-electron chi connectivity index (χ0n) is 7.86. The van der Waals surface area contributed by atoms with Gasteiger partial charge in [-0.1, -0.05) is 5.16 Å².